The zero-order valence-electron chi connectivity index (χ0n) is 17.8. The molecule has 4 aromatic rings. The van der Waals surface area contributed by atoms with E-state index in [0.717, 1.165) is 57.5 Å². The van der Waals surface area contributed by atoms with Crippen molar-refractivity contribution in [3.05, 3.63) is 83.0 Å². The summed E-state index contributed by atoms with van der Waals surface area (Å²) in [6.07, 6.45) is 4.63. The third-order valence-electron chi connectivity index (χ3n) is 6.16. The number of hydrogen-bond acceptors (Lipinski definition) is 3. The second-order valence-electron chi connectivity index (χ2n) is 8.11. The summed E-state index contributed by atoms with van der Waals surface area (Å²) in [4.78, 5) is 17.0. The molecular weight excluding hydrogens is 466 g/mol. The Labute approximate surface area is 195 Å². The first-order valence-electron chi connectivity index (χ1n) is 10.9. The lowest BCUT2D eigenvalue weighted by atomic mass is 9.71. The van der Waals surface area contributed by atoms with E-state index in [4.69, 9.17) is 9.72 Å². The Hall–Kier alpha value is -3.12. The Morgan fingerprint density at radius 1 is 1.06 bits per heavy atom. The number of hydrogen-bond donors (Lipinski definition) is 1. The lowest BCUT2D eigenvalue weighted by molar-refractivity contribution is 0.115. The van der Waals surface area contributed by atoms with Gasteiger partial charge in [0.1, 0.15) is 5.65 Å². The molecule has 1 aliphatic rings. The maximum atomic E-state index is 12.1. The highest BCUT2D eigenvalue weighted by Crippen LogP contribution is 2.42. The van der Waals surface area contributed by atoms with Crippen LogP contribution in [0.1, 0.15) is 31.7 Å². The smallest absolute Gasteiger partial charge is 0.407 e. The molecule has 2 aromatic carbocycles. The number of pyridine rings is 1. The van der Waals surface area contributed by atoms with Gasteiger partial charge >= 0.3 is 6.09 Å². The van der Waals surface area contributed by atoms with Crippen LogP contribution in [0.25, 0.3) is 28.2 Å². The van der Waals surface area contributed by atoms with Gasteiger partial charge in [-0.25, -0.2) is 9.78 Å². The van der Waals surface area contributed by atoms with Gasteiger partial charge in [-0.1, -0.05) is 54.6 Å². The molecule has 5 rings (SSSR count). The second-order valence-corrected chi connectivity index (χ2v) is 9.02. The Morgan fingerprint density at radius 2 is 1.81 bits per heavy atom. The topological polar surface area (TPSA) is 55.6 Å². The summed E-state index contributed by atoms with van der Waals surface area (Å²) in [6, 6.07) is 22.8. The van der Waals surface area contributed by atoms with E-state index in [2.05, 4.69) is 68.2 Å². The molecule has 5 nitrogen and oxygen atoms in total. The molecule has 0 spiro atoms. The van der Waals surface area contributed by atoms with Gasteiger partial charge in [0.05, 0.1) is 23.5 Å². The van der Waals surface area contributed by atoms with Crippen molar-refractivity contribution in [1.82, 2.24) is 14.7 Å². The molecule has 0 saturated heterocycles. The van der Waals surface area contributed by atoms with Crippen molar-refractivity contribution in [3.63, 3.8) is 0 Å². The van der Waals surface area contributed by atoms with Crippen LogP contribution in [0, 0.1) is 0 Å². The normalized spacial score (nSPS) is 14.7. The van der Waals surface area contributed by atoms with Gasteiger partial charge in [0, 0.05) is 21.8 Å². The molecule has 0 bridgehead atoms. The maximum Gasteiger partial charge on any atom is 0.407 e. The standard InChI is InChI=1S/C26H24BrN3O2/c1-2-32-25(31)29-26(15-6-16-26)20-11-9-18(10-12-20)23-24(19-7-4-3-5-8-19)30-17-21(27)13-14-22(30)28-23/h3-5,7-14,17H,2,6,15-16H2,1H3,(H,29,31). The molecular formula is C26H24BrN3O2. The Kier molecular flexibility index (Phi) is 5.47. The predicted octanol–water partition coefficient (Wildman–Crippen LogP) is 6.56. The van der Waals surface area contributed by atoms with Crippen LogP contribution in [0.5, 0.6) is 0 Å². The van der Waals surface area contributed by atoms with Crippen molar-refractivity contribution in [2.24, 2.45) is 0 Å². The van der Waals surface area contributed by atoms with Crippen molar-refractivity contribution in [2.75, 3.05) is 6.61 Å². The molecule has 0 radical (unpaired) electrons. The lowest BCUT2D eigenvalue weighted by Crippen LogP contribution is -2.50. The minimum Gasteiger partial charge on any atom is -0.450 e. The maximum absolute atomic E-state index is 12.1. The predicted molar refractivity (Wildman–Crippen MR) is 129 cm³/mol. The molecule has 32 heavy (non-hydrogen) atoms. The summed E-state index contributed by atoms with van der Waals surface area (Å²) >= 11 is 3.59. The molecule has 1 N–H and O–H groups in total. The number of amides is 1. The highest BCUT2D eigenvalue weighted by molar-refractivity contribution is 9.10. The van der Waals surface area contributed by atoms with Crippen LogP contribution >= 0.6 is 15.9 Å². The first-order chi connectivity index (χ1) is 15.6. The fourth-order valence-corrected chi connectivity index (χ4v) is 4.75. The van der Waals surface area contributed by atoms with Gasteiger partial charge in [0.2, 0.25) is 0 Å². The number of nitrogens with one attached hydrogen (secondary N) is 1. The average Bonchev–Trinajstić information content (AvgIpc) is 3.16. The van der Waals surface area contributed by atoms with Crippen LogP contribution in [0.15, 0.2) is 77.4 Å². The van der Waals surface area contributed by atoms with Gasteiger partial charge < -0.3 is 10.1 Å². The number of benzene rings is 2. The van der Waals surface area contributed by atoms with E-state index >= 15 is 0 Å². The van der Waals surface area contributed by atoms with Gasteiger partial charge in [-0.3, -0.25) is 4.40 Å². The minimum absolute atomic E-state index is 0.336. The summed E-state index contributed by atoms with van der Waals surface area (Å²) in [5, 5.41) is 3.09. The lowest BCUT2D eigenvalue weighted by Gasteiger charge is -2.42. The van der Waals surface area contributed by atoms with Gasteiger partial charge in [0.25, 0.3) is 0 Å². The van der Waals surface area contributed by atoms with E-state index in [-0.39, 0.29) is 11.6 Å². The molecule has 0 unspecified atom stereocenters. The number of rotatable bonds is 5. The SMILES string of the molecule is CCOC(=O)NC1(c2ccc(-c3nc4ccc(Br)cn4c3-c3ccccc3)cc2)CCC1. The number of nitrogens with zero attached hydrogens (tertiary/aromatic N) is 2. The van der Waals surface area contributed by atoms with Crippen LogP contribution in [0.2, 0.25) is 0 Å². The largest absolute Gasteiger partial charge is 0.450 e. The van der Waals surface area contributed by atoms with Crippen LogP contribution in [0.3, 0.4) is 0 Å². The number of fused-ring (bicyclic) bond motifs is 1. The molecule has 0 aliphatic heterocycles. The monoisotopic (exact) mass is 489 g/mol. The van der Waals surface area contributed by atoms with Crippen LogP contribution in [0.4, 0.5) is 4.79 Å². The highest BCUT2D eigenvalue weighted by Gasteiger charge is 2.40. The van der Waals surface area contributed by atoms with Gasteiger partial charge in [-0.2, -0.15) is 0 Å². The van der Waals surface area contributed by atoms with E-state index in [0.29, 0.717) is 6.61 Å². The molecule has 0 atom stereocenters. The average molecular weight is 490 g/mol. The highest BCUT2D eigenvalue weighted by atomic mass is 79.9. The third-order valence-corrected chi connectivity index (χ3v) is 6.63. The molecule has 1 fully saturated rings. The van der Waals surface area contributed by atoms with Crippen LogP contribution in [-0.2, 0) is 10.3 Å². The van der Waals surface area contributed by atoms with Crippen LogP contribution in [-0.4, -0.2) is 22.1 Å². The molecule has 1 amide bonds. The first kappa shape index (κ1) is 20.8. The fraction of sp³-hybridized carbons (Fsp3) is 0.231. The van der Waals surface area contributed by atoms with E-state index in [1.54, 1.807) is 0 Å². The first-order valence-corrected chi connectivity index (χ1v) is 11.7. The Bertz CT molecular complexity index is 1260. The third kappa shape index (κ3) is 3.69. The quantitative estimate of drug-likeness (QED) is 0.345. The van der Waals surface area contributed by atoms with E-state index in [1.807, 2.05) is 37.3 Å². The van der Waals surface area contributed by atoms with Crippen molar-refractivity contribution in [2.45, 2.75) is 31.7 Å². The van der Waals surface area contributed by atoms with E-state index in [1.165, 1.54) is 0 Å². The van der Waals surface area contributed by atoms with Crippen molar-refractivity contribution < 1.29 is 9.53 Å². The summed E-state index contributed by atoms with van der Waals surface area (Å²) in [7, 11) is 0. The van der Waals surface area contributed by atoms with Crippen molar-refractivity contribution >= 4 is 27.7 Å². The molecule has 1 aliphatic carbocycles. The van der Waals surface area contributed by atoms with Gasteiger partial charge in [-0.05, 0) is 59.8 Å². The molecule has 2 aromatic heterocycles. The number of imidazole rings is 1. The van der Waals surface area contributed by atoms with Crippen molar-refractivity contribution in [3.8, 4) is 22.5 Å². The summed E-state index contributed by atoms with van der Waals surface area (Å²) in [6.45, 7) is 2.19. The van der Waals surface area contributed by atoms with E-state index in [9.17, 15) is 4.79 Å². The Balaban J connectivity index is 1.56. The number of halogens is 1. The minimum atomic E-state index is -0.353. The van der Waals surface area contributed by atoms with Gasteiger partial charge in [0.15, 0.2) is 0 Å². The van der Waals surface area contributed by atoms with E-state index < -0.39 is 0 Å². The molecule has 162 valence electrons. The van der Waals surface area contributed by atoms with Crippen LogP contribution < -0.4 is 5.32 Å². The summed E-state index contributed by atoms with van der Waals surface area (Å²) < 4.78 is 8.25. The Morgan fingerprint density at radius 3 is 2.47 bits per heavy atom. The fourth-order valence-electron chi connectivity index (χ4n) is 4.42. The molecule has 2 heterocycles. The molecule has 6 heteroatoms. The number of carbonyl (C=O) groups is 1. The molecule has 1 saturated carbocycles. The number of alkyl carbamates (subject to hydrolysis) is 1. The van der Waals surface area contributed by atoms with Gasteiger partial charge in [-0.15, -0.1) is 0 Å². The summed E-state index contributed by atoms with van der Waals surface area (Å²) in [5.41, 5.74) is 5.80. The number of ether oxygens (including phenoxy) is 1. The summed E-state index contributed by atoms with van der Waals surface area (Å²) in [5.74, 6) is 0. The number of aromatic nitrogens is 2. The number of carbonyl (C=O) groups excluding carboxylic acids is 1. The second kappa shape index (κ2) is 8.43. The zero-order valence-corrected chi connectivity index (χ0v) is 19.4. The zero-order chi connectivity index (χ0) is 22.1. The van der Waals surface area contributed by atoms with Crippen molar-refractivity contribution in [1.29, 1.82) is 0 Å².